The number of carbonyl (C=O) groups is 1. The Morgan fingerprint density at radius 2 is 1.67 bits per heavy atom. The Bertz CT molecular complexity index is 347. The highest BCUT2D eigenvalue weighted by Gasteiger charge is 2.60. The lowest BCUT2D eigenvalue weighted by atomic mass is 9.52. The summed E-state index contributed by atoms with van der Waals surface area (Å²) in [5.74, 6) is 1.33. The second-order valence-electron chi connectivity index (χ2n) is 7.11. The van der Waals surface area contributed by atoms with Gasteiger partial charge in [-0.2, -0.15) is 0 Å². The molecule has 0 aromatic rings. The Kier molecular flexibility index (Phi) is 2.74. The lowest BCUT2D eigenvalue weighted by molar-refractivity contribution is -0.228. The lowest BCUT2D eigenvalue weighted by Gasteiger charge is -2.60. The molecule has 0 spiro atoms. The Morgan fingerprint density at radius 1 is 1.11 bits per heavy atom. The first-order valence-electron chi connectivity index (χ1n) is 7.24. The smallest absolute Gasteiger partial charge is 0.308 e. The van der Waals surface area contributed by atoms with E-state index in [4.69, 9.17) is 9.47 Å². The summed E-state index contributed by atoms with van der Waals surface area (Å²) >= 11 is 0. The van der Waals surface area contributed by atoms with Crippen molar-refractivity contribution in [3.63, 3.8) is 0 Å². The van der Waals surface area contributed by atoms with Gasteiger partial charge >= 0.3 is 5.97 Å². The third-order valence-electron chi connectivity index (χ3n) is 5.18. The summed E-state index contributed by atoms with van der Waals surface area (Å²) in [6.45, 7) is 3.82. The molecule has 0 N–H and O–H groups in total. The van der Waals surface area contributed by atoms with Crippen LogP contribution in [0.1, 0.15) is 52.4 Å². The third kappa shape index (κ3) is 1.87. The minimum atomic E-state index is -0.207. The minimum Gasteiger partial charge on any atom is -0.459 e. The molecule has 4 aliphatic rings. The zero-order valence-corrected chi connectivity index (χ0v) is 11.7. The van der Waals surface area contributed by atoms with Crippen LogP contribution < -0.4 is 0 Å². The molecule has 4 rings (SSSR count). The van der Waals surface area contributed by atoms with Gasteiger partial charge in [0, 0.05) is 13.5 Å². The van der Waals surface area contributed by atoms with Crippen molar-refractivity contribution in [1.29, 1.82) is 0 Å². The largest absolute Gasteiger partial charge is 0.459 e. The Morgan fingerprint density at radius 3 is 2.17 bits per heavy atom. The molecule has 0 heterocycles. The van der Waals surface area contributed by atoms with Crippen molar-refractivity contribution in [2.45, 2.75) is 63.6 Å². The summed E-state index contributed by atoms with van der Waals surface area (Å²) < 4.78 is 11.7. The number of hydrogen-bond acceptors (Lipinski definition) is 3. The lowest BCUT2D eigenvalue weighted by Crippen LogP contribution is -2.61. The highest BCUT2D eigenvalue weighted by atomic mass is 16.6. The predicted molar refractivity (Wildman–Crippen MR) is 68.1 cm³/mol. The molecule has 0 aliphatic heterocycles. The quantitative estimate of drug-likeness (QED) is 0.724. The maximum atomic E-state index is 12.0. The van der Waals surface area contributed by atoms with Gasteiger partial charge in [-0.25, -0.2) is 0 Å². The van der Waals surface area contributed by atoms with Crippen LogP contribution in [0, 0.1) is 17.8 Å². The van der Waals surface area contributed by atoms with Gasteiger partial charge in [0.15, 0.2) is 0 Å². The molecule has 0 amide bonds. The molecule has 3 heteroatoms. The summed E-state index contributed by atoms with van der Waals surface area (Å²) in [6.07, 6.45) is 6.69. The molecule has 2 unspecified atom stereocenters. The second-order valence-corrected chi connectivity index (χ2v) is 7.11. The fourth-order valence-electron chi connectivity index (χ4n) is 4.79. The number of esters is 1. The summed E-state index contributed by atoms with van der Waals surface area (Å²) in [5, 5.41) is 0. The van der Waals surface area contributed by atoms with E-state index in [2.05, 4.69) is 0 Å². The monoisotopic (exact) mass is 252 g/mol. The summed E-state index contributed by atoms with van der Waals surface area (Å²) in [7, 11) is 1.82. The molecular formula is C15H24O3. The van der Waals surface area contributed by atoms with E-state index in [-0.39, 0.29) is 23.1 Å². The van der Waals surface area contributed by atoms with Crippen molar-refractivity contribution >= 4 is 5.97 Å². The Labute approximate surface area is 109 Å². The molecule has 18 heavy (non-hydrogen) atoms. The SMILES string of the molecule is COC12CC3CC(C1)CC(OC(=O)C(C)C)(C3)C2. The van der Waals surface area contributed by atoms with Gasteiger partial charge in [0.2, 0.25) is 0 Å². The zero-order valence-electron chi connectivity index (χ0n) is 11.7. The molecule has 102 valence electrons. The van der Waals surface area contributed by atoms with Gasteiger partial charge in [-0.1, -0.05) is 13.8 Å². The van der Waals surface area contributed by atoms with E-state index < -0.39 is 0 Å². The minimum absolute atomic E-state index is 0.00133. The van der Waals surface area contributed by atoms with Crippen molar-refractivity contribution in [1.82, 2.24) is 0 Å². The van der Waals surface area contributed by atoms with Gasteiger partial charge in [-0.15, -0.1) is 0 Å². The Balaban J connectivity index is 1.82. The highest BCUT2D eigenvalue weighted by Crippen LogP contribution is 2.60. The fourth-order valence-corrected chi connectivity index (χ4v) is 4.79. The van der Waals surface area contributed by atoms with Gasteiger partial charge in [0.1, 0.15) is 5.60 Å². The van der Waals surface area contributed by atoms with Gasteiger partial charge < -0.3 is 9.47 Å². The number of hydrogen-bond donors (Lipinski definition) is 0. The molecular weight excluding hydrogens is 228 g/mol. The fraction of sp³-hybridized carbons (Fsp3) is 0.933. The molecule has 0 saturated heterocycles. The van der Waals surface area contributed by atoms with Crippen LogP contribution in [0.4, 0.5) is 0 Å². The van der Waals surface area contributed by atoms with Gasteiger partial charge in [-0.3, -0.25) is 4.79 Å². The van der Waals surface area contributed by atoms with Crippen LogP contribution >= 0.6 is 0 Å². The van der Waals surface area contributed by atoms with E-state index in [0.717, 1.165) is 19.3 Å². The van der Waals surface area contributed by atoms with E-state index >= 15 is 0 Å². The van der Waals surface area contributed by atoms with Crippen LogP contribution in [0.2, 0.25) is 0 Å². The average Bonchev–Trinajstić information content (AvgIpc) is 2.26. The van der Waals surface area contributed by atoms with Gasteiger partial charge in [0.05, 0.1) is 11.5 Å². The first-order chi connectivity index (χ1) is 8.46. The van der Waals surface area contributed by atoms with Crippen molar-refractivity contribution in [3.05, 3.63) is 0 Å². The van der Waals surface area contributed by atoms with Crippen LogP contribution in [-0.4, -0.2) is 24.3 Å². The number of methoxy groups -OCH3 is 1. The van der Waals surface area contributed by atoms with Crippen molar-refractivity contribution < 1.29 is 14.3 Å². The summed E-state index contributed by atoms with van der Waals surface area (Å²) in [5.41, 5.74) is -0.206. The standard InChI is InChI=1S/C15H24O3/c1-10(2)13(16)18-15-7-11-4-12(8-15)6-14(5-11,9-15)17-3/h10-12H,4-9H2,1-3H3. The van der Waals surface area contributed by atoms with Crippen LogP contribution in [0.3, 0.4) is 0 Å². The van der Waals surface area contributed by atoms with Crippen LogP contribution in [0.15, 0.2) is 0 Å². The van der Waals surface area contributed by atoms with Crippen molar-refractivity contribution in [3.8, 4) is 0 Å². The molecule has 0 aromatic heterocycles. The first kappa shape index (κ1) is 12.5. The maximum absolute atomic E-state index is 12.0. The molecule has 3 nitrogen and oxygen atoms in total. The average molecular weight is 252 g/mol. The van der Waals surface area contributed by atoms with Crippen LogP contribution in [0.5, 0.6) is 0 Å². The molecule has 4 aliphatic carbocycles. The van der Waals surface area contributed by atoms with E-state index in [0.29, 0.717) is 11.8 Å². The van der Waals surface area contributed by atoms with E-state index in [1.165, 1.54) is 19.3 Å². The van der Waals surface area contributed by atoms with Gasteiger partial charge in [0.25, 0.3) is 0 Å². The first-order valence-corrected chi connectivity index (χ1v) is 7.24. The second kappa shape index (κ2) is 3.96. The third-order valence-corrected chi connectivity index (χ3v) is 5.18. The number of rotatable bonds is 3. The van der Waals surface area contributed by atoms with E-state index in [1.807, 2.05) is 21.0 Å². The van der Waals surface area contributed by atoms with Gasteiger partial charge in [-0.05, 0) is 43.9 Å². The molecule has 2 atom stereocenters. The van der Waals surface area contributed by atoms with Crippen LogP contribution in [0.25, 0.3) is 0 Å². The van der Waals surface area contributed by atoms with Crippen molar-refractivity contribution in [2.75, 3.05) is 7.11 Å². The highest BCUT2D eigenvalue weighted by molar-refractivity contribution is 5.72. The molecule has 4 saturated carbocycles. The van der Waals surface area contributed by atoms with Crippen LogP contribution in [-0.2, 0) is 14.3 Å². The van der Waals surface area contributed by atoms with E-state index in [9.17, 15) is 4.79 Å². The Hall–Kier alpha value is -0.570. The predicted octanol–water partition coefficient (Wildman–Crippen LogP) is 2.92. The van der Waals surface area contributed by atoms with E-state index in [1.54, 1.807) is 0 Å². The summed E-state index contributed by atoms with van der Waals surface area (Å²) in [6, 6.07) is 0. The molecule has 4 bridgehead atoms. The van der Waals surface area contributed by atoms with Crippen molar-refractivity contribution in [2.24, 2.45) is 17.8 Å². The normalized spacial score (nSPS) is 45.6. The maximum Gasteiger partial charge on any atom is 0.308 e. The zero-order chi connectivity index (χ0) is 13.0. The topological polar surface area (TPSA) is 35.5 Å². The number of carbonyl (C=O) groups excluding carboxylic acids is 1. The molecule has 4 fully saturated rings. The molecule has 0 radical (unpaired) electrons. The molecule has 0 aromatic carbocycles. The summed E-state index contributed by atoms with van der Waals surface area (Å²) in [4.78, 5) is 12.0. The number of ether oxygens (including phenoxy) is 2.